The van der Waals surface area contributed by atoms with Gasteiger partial charge >= 0.3 is 17.9 Å². The van der Waals surface area contributed by atoms with Crippen LogP contribution in [0.5, 0.6) is 0 Å². The van der Waals surface area contributed by atoms with Crippen LogP contribution in [0.25, 0.3) is 0 Å². The van der Waals surface area contributed by atoms with E-state index in [-0.39, 0.29) is 38.0 Å². The minimum absolute atomic E-state index is 0.138. The number of unbranched alkanes of at least 4 members (excludes halogenated alkanes) is 10. The molecule has 6 heteroatoms. The first-order chi connectivity index (χ1) is 33.0. The standard InChI is InChI=1S/C61H94O6/c1-4-7-10-13-16-19-22-25-28-31-34-36-39-42-45-48-51-54-60(63)66-57-58(67-61(64)55-52-49-46-43-40-37-33-30-27-24-21-18-15-12-9-6-3)56-65-59(62)53-50-47-44-41-38-35-32-29-26-23-20-17-14-11-8-5-2/h8-9,11-12,16-21,25-30,34,36-37,40,42,45-46,49,58H,4-7,10,13-15,22-24,31-33,35,38-39,41,43-44,47-48,50-57H2,1-3H3/b11-8-,12-9-,19-16-,20-17-,21-18-,28-25-,29-26-,30-27-,36-34-,40-37-,45-42-,49-46-. The van der Waals surface area contributed by atoms with Gasteiger partial charge in [-0.2, -0.15) is 0 Å². The lowest BCUT2D eigenvalue weighted by Gasteiger charge is -2.18. The van der Waals surface area contributed by atoms with Crippen LogP contribution >= 0.6 is 0 Å². The number of carbonyl (C=O) groups is 3. The molecule has 0 fully saturated rings. The summed E-state index contributed by atoms with van der Waals surface area (Å²) in [7, 11) is 0. The van der Waals surface area contributed by atoms with Crippen molar-refractivity contribution >= 4 is 17.9 Å². The van der Waals surface area contributed by atoms with Crippen molar-refractivity contribution in [3.05, 3.63) is 146 Å². The molecule has 6 nitrogen and oxygen atoms in total. The fourth-order valence-electron chi connectivity index (χ4n) is 6.44. The van der Waals surface area contributed by atoms with Crippen molar-refractivity contribution in [2.24, 2.45) is 0 Å². The molecule has 0 aromatic carbocycles. The molecule has 374 valence electrons. The van der Waals surface area contributed by atoms with Gasteiger partial charge in [0.2, 0.25) is 0 Å². The molecule has 0 rings (SSSR count). The molecule has 0 N–H and O–H groups in total. The molecule has 0 spiro atoms. The van der Waals surface area contributed by atoms with Gasteiger partial charge in [0.15, 0.2) is 6.10 Å². The number of carbonyl (C=O) groups excluding carboxylic acids is 3. The van der Waals surface area contributed by atoms with Gasteiger partial charge in [-0.05, 0) is 122 Å². The molecule has 0 bridgehead atoms. The quantitative estimate of drug-likeness (QED) is 0.0262. The Morgan fingerprint density at radius 3 is 1.03 bits per heavy atom. The van der Waals surface area contributed by atoms with Gasteiger partial charge < -0.3 is 14.2 Å². The first-order valence-electron chi connectivity index (χ1n) is 26.3. The predicted octanol–water partition coefficient (Wildman–Crippen LogP) is 17.6. The number of esters is 3. The molecule has 0 heterocycles. The van der Waals surface area contributed by atoms with Crippen molar-refractivity contribution in [2.75, 3.05) is 13.2 Å². The third kappa shape index (κ3) is 52.1. The van der Waals surface area contributed by atoms with Crippen LogP contribution in [0.15, 0.2) is 146 Å². The third-order valence-corrected chi connectivity index (χ3v) is 10.3. The Kier molecular flexibility index (Phi) is 50.1. The number of rotatable bonds is 45. The SMILES string of the molecule is CC/C=C\C/C=C\C/C=C\C/C=C\C/C=C\CCC(=O)OC(COC(=O)CCC/C=C\C/C=C\C/C=C\C/C=C\CCCCC)COC(=O)CCCCCCCC/C=C\C/C=C\C/C=C\CC. The van der Waals surface area contributed by atoms with Gasteiger partial charge in [-0.1, -0.05) is 205 Å². The van der Waals surface area contributed by atoms with Crippen LogP contribution < -0.4 is 0 Å². The monoisotopic (exact) mass is 923 g/mol. The van der Waals surface area contributed by atoms with Crippen molar-refractivity contribution < 1.29 is 28.6 Å². The average Bonchev–Trinajstić information content (AvgIpc) is 3.33. The summed E-state index contributed by atoms with van der Waals surface area (Å²) >= 11 is 0. The maximum absolute atomic E-state index is 12.8. The van der Waals surface area contributed by atoms with E-state index in [9.17, 15) is 14.4 Å². The van der Waals surface area contributed by atoms with Gasteiger partial charge in [0.05, 0.1) is 0 Å². The topological polar surface area (TPSA) is 78.9 Å². The molecule has 0 aliphatic carbocycles. The number of hydrogen-bond donors (Lipinski definition) is 0. The van der Waals surface area contributed by atoms with Crippen LogP contribution in [0.1, 0.15) is 201 Å². The molecule has 0 saturated carbocycles. The van der Waals surface area contributed by atoms with Crippen LogP contribution in [0, 0.1) is 0 Å². The summed E-state index contributed by atoms with van der Waals surface area (Å²) < 4.78 is 16.7. The highest BCUT2D eigenvalue weighted by atomic mass is 16.6. The normalized spacial score (nSPS) is 13.3. The lowest BCUT2D eigenvalue weighted by Crippen LogP contribution is -2.30. The summed E-state index contributed by atoms with van der Waals surface area (Å²) in [6, 6.07) is 0. The molecule has 0 aliphatic heterocycles. The average molecular weight is 923 g/mol. The van der Waals surface area contributed by atoms with Crippen molar-refractivity contribution in [2.45, 2.75) is 207 Å². The highest BCUT2D eigenvalue weighted by Crippen LogP contribution is 2.11. The van der Waals surface area contributed by atoms with Crippen LogP contribution in [0.3, 0.4) is 0 Å². The van der Waals surface area contributed by atoms with E-state index in [1.54, 1.807) is 0 Å². The van der Waals surface area contributed by atoms with E-state index in [2.05, 4.69) is 154 Å². The van der Waals surface area contributed by atoms with Gasteiger partial charge in [-0.15, -0.1) is 0 Å². The Hall–Kier alpha value is -4.71. The van der Waals surface area contributed by atoms with Gasteiger partial charge in [-0.3, -0.25) is 14.4 Å². The minimum atomic E-state index is -0.852. The second-order valence-electron chi connectivity index (χ2n) is 16.7. The summed E-state index contributed by atoms with van der Waals surface area (Å²) in [4.78, 5) is 38.0. The molecule has 0 amide bonds. The Morgan fingerprint density at radius 1 is 0.313 bits per heavy atom. The molecular formula is C61H94O6. The van der Waals surface area contributed by atoms with E-state index in [4.69, 9.17) is 14.2 Å². The predicted molar refractivity (Wildman–Crippen MR) is 288 cm³/mol. The third-order valence-electron chi connectivity index (χ3n) is 10.3. The maximum atomic E-state index is 12.8. The summed E-state index contributed by atoms with van der Waals surface area (Å²) in [5, 5.41) is 0. The van der Waals surface area contributed by atoms with E-state index >= 15 is 0 Å². The lowest BCUT2D eigenvalue weighted by molar-refractivity contribution is -0.166. The molecule has 1 atom stereocenters. The molecule has 67 heavy (non-hydrogen) atoms. The smallest absolute Gasteiger partial charge is 0.306 e. The maximum Gasteiger partial charge on any atom is 0.306 e. The van der Waals surface area contributed by atoms with Crippen LogP contribution in [-0.2, 0) is 28.6 Å². The molecule has 0 aromatic heterocycles. The van der Waals surface area contributed by atoms with Gasteiger partial charge in [0, 0.05) is 19.3 Å². The summed E-state index contributed by atoms with van der Waals surface area (Å²) in [5.74, 6) is -1.10. The minimum Gasteiger partial charge on any atom is -0.462 e. The van der Waals surface area contributed by atoms with Crippen molar-refractivity contribution in [3.63, 3.8) is 0 Å². The molecule has 0 saturated heterocycles. The zero-order valence-corrected chi connectivity index (χ0v) is 42.6. The zero-order valence-electron chi connectivity index (χ0n) is 42.6. The second-order valence-corrected chi connectivity index (χ2v) is 16.7. The van der Waals surface area contributed by atoms with Gasteiger partial charge in [0.25, 0.3) is 0 Å². The van der Waals surface area contributed by atoms with Crippen molar-refractivity contribution in [1.82, 2.24) is 0 Å². The second kappa shape index (κ2) is 53.9. The molecular weight excluding hydrogens is 829 g/mol. The Morgan fingerprint density at radius 2 is 0.627 bits per heavy atom. The van der Waals surface area contributed by atoms with E-state index in [1.165, 1.54) is 38.5 Å². The van der Waals surface area contributed by atoms with Crippen molar-refractivity contribution in [3.8, 4) is 0 Å². The van der Waals surface area contributed by atoms with Crippen molar-refractivity contribution in [1.29, 1.82) is 0 Å². The lowest BCUT2D eigenvalue weighted by atomic mass is 10.1. The molecule has 0 radical (unpaired) electrons. The van der Waals surface area contributed by atoms with Gasteiger partial charge in [-0.25, -0.2) is 0 Å². The first-order valence-corrected chi connectivity index (χ1v) is 26.3. The largest absolute Gasteiger partial charge is 0.462 e. The number of hydrogen-bond acceptors (Lipinski definition) is 6. The zero-order chi connectivity index (χ0) is 48.6. The van der Waals surface area contributed by atoms with Crippen LogP contribution in [-0.4, -0.2) is 37.2 Å². The number of ether oxygens (including phenoxy) is 3. The fourth-order valence-corrected chi connectivity index (χ4v) is 6.44. The van der Waals surface area contributed by atoms with E-state index in [1.807, 2.05) is 12.2 Å². The summed E-state index contributed by atoms with van der Waals surface area (Å²) in [6.45, 7) is 6.24. The summed E-state index contributed by atoms with van der Waals surface area (Å²) in [6.07, 6.45) is 77.0. The highest BCUT2D eigenvalue weighted by Gasteiger charge is 2.19. The highest BCUT2D eigenvalue weighted by molar-refractivity contribution is 5.71. The Balaban J connectivity index is 4.63. The first kappa shape index (κ1) is 62.3. The van der Waals surface area contributed by atoms with Crippen LogP contribution in [0.4, 0.5) is 0 Å². The fraction of sp³-hybridized carbons (Fsp3) is 0.557. The summed E-state index contributed by atoms with van der Waals surface area (Å²) in [5.41, 5.74) is 0. The van der Waals surface area contributed by atoms with E-state index < -0.39 is 12.1 Å². The van der Waals surface area contributed by atoms with E-state index in [0.29, 0.717) is 19.3 Å². The molecule has 0 aliphatic rings. The van der Waals surface area contributed by atoms with E-state index in [0.717, 1.165) is 109 Å². The number of allylic oxidation sites excluding steroid dienone is 24. The Labute approximate surface area is 410 Å². The van der Waals surface area contributed by atoms with Crippen LogP contribution in [0.2, 0.25) is 0 Å². The van der Waals surface area contributed by atoms with Gasteiger partial charge in [0.1, 0.15) is 13.2 Å². The molecule has 1 unspecified atom stereocenters. The Bertz CT molecular complexity index is 1530. The molecule has 0 aromatic rings.